The molecular formula is C10H12N2O. The van der Waals surface area contributed by atoms with Crippen LogP contribution in [0.5, 0.6) is 0 Å². The highest BCUT2D eigenvalue weighted by molar-refractivity contribution is 5.77. The smallest absolute Gasteiger partial charge is 0.226 e. The van der Waals surface area contributed by atoms with E-state index in [0.717, 1.165) is 24.1 Å². The Morgan fingerprint density at radius 3 is 3.31 bits per heavy atom. The Labute approximate surface area is 76.8 Å². The van der Waals surface area contributed by atoms with Gasteiger partial charge in [0.2, 0.25) is 5.71 Å². The molecule has 0 saturated heterocycles. The van der Waals surface area contributed by atoms with E-state index in [-0.39, 0.29) is 0 Å². The number of furan rings is 1. The molecule has 0 amide bonds. The lowest BCUT2D eigenvalue weighted by atomic mass is 10.1. The van der Waals surface area contributed by atoms with Gasteiger partial charge < -0.3 is 9.73 Å². The Morgan fingerprint density at radius 1 is 1.54 bits per heavy atom. The maximum Gasteiger partial charge on any atom is 0.226 e. The predicted octanol–water partition coefficient (Wildman–Crippen LogP) is 1.59. The molecule has 0 bridgehead atoms. The SMILES string of the molecule is CNCCc1coc2ncccc12. The number of hydrogen-bond acceptors (Lipinski definition) is 3. The molecule has 0 saturated carbocycles. The summed E-state index contributed by atoms with van der Waals surface area (Å²) in [6, 6.07) is 3.97. The van der Waals surface area contributed by atoms with Gasteiger partial charge in [-0.25, -0.2) is 4.98 Å². The van der Waals surface area contributed by atoms with E-state index >= 15 is 0 Å². The molecule has 3 heteroatoms. The maximum absolute atomic E-state index is 5.31. The van der Waals surface area contributed by atoms with Crippen LogP contribution >= 0.6 is 0 Å². The molecule has 0 aliphatic rings. The van der Waals surface area contributed by atoms with Crippen LogP contribution in [0.2, 0.25) is 0 Å². The Kier molecular flexibility index (Phi) is 2.27. The average Bonchev–Trinajstić information content (AvgIpc) is 2.58. The van der Waals surface area contributed by atoms with Crippen LogP contribution in [0, 0.1) is 0 Å². The summed E-state index contributed by atoms with van der Waals surface area (Å²) in [7, 11) is 1.94. The molecule has 3 nitrogen and oxygen atoms in total. The third kappa shape index (κ3) is 1.55. The van der Waals surface area contributed by atoms with Crippen molar-refractivity contribution in [2.45, 2.75) is 6.42 Å². The minimum absolute atomic E-state index is 0.730. The van der Waals surface area contributed by atoms with Crippen molar-refractivity contribution in [3.63, 3.8) is 0 Å². The first-order chi connectivity index (χ1) is 6.42. The van der Waals surface area contributed by atoms with Crippen molar-refractivity contribution >= 4 is 11.1 Å². The number of fused-ring (bicyclic) bond motifs is 1. The molecule has 0 unspecified atom stereocenters. The topological polar surface area (TPSA) is 38.1 Å². The van der Waals surface area contributed by atoms with Crippen molar-refractivity contribution in [2.75, 3.05) is 13.6 Å². The van der Waals surface area contributed by atoms with Crippen LogP contribution in [0.15, 0.2) is 29.0 Å². The number of likely N-dealkylation sites (N-methyl/N-ethyl adjacent to an activating group) is 1. The van der Waals surface area contributed by atoms with Gasteiger partial charge in [0.1, 0.15) is 0 Å². The highest BCUT2D eigenvalue weighted by Crippen LogP contribution is 2.18. The molecule has 2 heterocycles. The number of aromatic nitrogens is 1. The summed E-state index contributed by atoms with van der Waals surface area (Å²) in [6.07, 6.45) is 4.51. The van der Waals surface area contributed by atoms with Gasteiger partial charge >= 0.3 is 0 Å². The van der Waals surface area contributed by atoms with Crippen molar-refractivity contribution in [2.24, 2.45) is 0 Å². The summed E-state index contributed by atoms with van der Waals surface area (Å²) >= 11 is 0. The summed E-state index contributed by atoms with van der Waals surface area (Å²) in [5.74, 6) is 0. The predicted molar refractivity (Wildman–Crippen MR) is 51.6 cm³/mol. The van der Waals surface area contributed by atoms with Gasteiger partial charge in [-0.3, -0.25) is 0 Å². The van der Waals surface area contributed by atoms with Crippen LogP contribution in [0.1, 0.15) is 5.56 Å². The molecule has 2 aromatic heterocycles. The van der Waals surface area contributed by atoms with Crippen LogP contribution in [0.4, 0.5) is 0 Å². The van der Waals surface area contributed by atoms with Gasteiger partial charge in [0.15, 0.2) is 0 Å². The number of pyridine rings is 1. The Morgan fingerprint density at radius 2 is 2.46 bits per heavy atom. The molecule has 0 aliphatic heterocycles. The summed E-state index contributed by atoms with van der Waals surface area (Å²) in [6.45, 7) is 0.962. The molecule has 0 aliphatic carbocycles. The first kappa shape index (κ1) is 8.26. The Hall–Kier alpha value is -1.35. The highest BCUT2D eigenvalue weighted by atomic mass is 16.3. The largest absolute Gasteiger partial charge is 0.446 e. The van der Waals surface area contributed by atoms with Gasteiger partial charge in [0.25, 0.3) is 0 Å². The van der Waals surface area contributed by atoms with Crippen molar-refractivity contribution in [1.29, 1.82) is 0 Å². The van der Waals surface area contributed by atoms with Gasteiger partial charge in [-0.15, -0.1) is 0 Å². The third-order valence-electron chi connectivity index (χ3n) is 2.07. The van der Waals surface area contributed by atoms with Gasteiger partial charge in [0, 0.05) is 17.1 Å². The molecule has 0 fully saturated rings. The molecule has 0 spiro atoms. The molecule has 68 valence electrons. The molecule has 13 heavy (non-hydrogen) atoms. The Balaban J connectivity index is 2.35. The van der Waals surface area contributed by atoms with Crippen LogP contribution in [0.3, 0.4) is 0 Å². The average molecular weight is 176 g/mol. The fourth-order valence-electron chi connectivity index (χ4n) is 1.37. The molecule has 1 N–H and O–H groups in total. The maximum atomic E-state index is 5.31. The molecule has 0 radical (unpaired) electrons. The van der Waals surface area contributed by atoms with E-state index in [4.69, 9.17) is 4.42 Å². The van der Waals surface area contributed by atoms with Gasteiger partial charge in [-0.1, -0.05) is 0 Å². The fourth-order valence-corrected chi connectivity index (χ4v) is 1.37. The van der Waals surface area contributed by atoms with E-state index in [0.29, 0.717) is 0 Å². The normalized spacial score (nSPS) is 10.8. The lowest BCUT2D eigenvalue weighted by Crippen LogP contribution is -2.09. The monoisotopic (exact) mass is 176 g/mol. The number of nitrogens with zero attached hydrogens (tertiary/aromatic N) is 1. The van der Waals surface area contributed by atoms with Gasteiger partial charge in [0.05, 0.1) is 6.26 Å². The second-order valence-electron chi connectivity index (χ2n) is 2.97. The second-order valence-corrected chi connectivity index (χ2v) is 2.97. The molecule has 2 rings (SSSR count). The summed E-state index contributed by atoms with van der Waals surface area (Å²) in [4.78, 5) is 4.12. The number of nitrogens with one attached hydrogen (secondary N) is 1. The first-order valence-corrected chi connectivity index (χ1v) is 4.37. The summed E-state index contributed by atoms with van der Waals surface area (Å²) in [5.41, 5.74) is 1.95. The lowest BCUT2D eigenvalue weighted by molar-refractivity contribution is 0.597. The van der Waals surface area contributed by atoms with Crippen LogP contribution < -0.4 is 5.32 Å². The molecule has 0 atom stereocenters. The van der Waals surface area contributed by atoms with Crippen molar-refractivity contribution < 1.29 is 4.42 Å². The fraction of sp³-hybridized carbons (Fsp3) is 0.300. The van der Waals surface area contributed by atoms with Gasteiger partial charge in [-0.05, 0) is 32.1 Å². The van der Waals surface area contributed by atoms with Crippen LogP contribution in [-0.2, 0) is 6.42 Å². The van der Waals surface area contributed by atoms with Crippen molar-refractivity contribution in [3.8, 4) is 0 Å². The Bertz CT molecular complexity index is 394. The molecular weight excluding hydrogens is 164 g/mol. The van der Waals surface area contributed by atoms with E-state index in [1.54, 1.807) is 12.5 Å². The zero-order chi connectivity index (χ0) is 9.10. The van der Waals surface area contributed by atoms with E-state index in [1.807, 2.05) is 19.2 Å². The summed E-state index contributed by atoms with van der Waals surface area (Å²) in [5, 5.41) is 4.23. The number of hydrogen-bond donors (Lipinski definition) is 1. The standard InChI is InChI=1S/C10H12N2O/c1-11-6-4-8-7-13-10-9(8)3-2-5-12-10/h2-3,5,7,11H,4,6H2,1H3. The molecule has 2 aromatic rings. The summed E-state index contributed by atoms with van der Waals surface area (Å²) < 4.78 is 5.31. The highest BCUT2D eigenvalue weighted by Gasteiger charge is 2.04. The lowest BCUT2D eigenvalue weighted by Gasteiger charge is -1.95. The second kappa shape index (κ2) is 3.58. The van der Waals surface area contributed by atoms with Crippen molar-refractivity contribution in [1.82, 2.24) is 10.3 Å². The number of rotatable bonds is 3. The van der Waals surface area contributed by atoms with Crippen molar-refractivity contribution in [3.05, 3.63) is 30.2 Å². The first-order valence-electron chi connectivity index (χ1n) is 4.37. The minimum atomic E-state index is 0.730. The van der Waals surface area contributed by atoms with E-state index in [2.05, 4.69) is 10.3 Å². The third-order valence-corrected chi connectivity index (χ3v) is 2.07. The zero-order valence-electron chi connectivity index (χ0n) is 7.58. The van der Waals surface area contributed by atoms with E-state index in [9.17, 15) is 0 Å². The minimum Gasteiger partial charge on any atom is -0.446 e. The zero-order valence-corrected chi connectivity index (χ0v) is 7.58. The van der Waals surface area contributed by atoms with Crippen LogP contribution in [-0.4, -0.2) is 18.6 Å². The van der Waals surface area contributed by atoms with E-state index in [1.165, 1.54) is 5.56 Å². The van der Waals surface area contributed by atoms with E-state index < -0.39 is 0 Å². The molecule has 0 aromatic carbocycles. The quantitative estimate of drug-likeness (QED) is 0.771. The van der Waals surface area contributed by atoms with Gasteiger partial charge in [-0.2, -0.15) is 0 Å². The van der Waals surface area contributed by atoms with Crippen LogP contribution in [0.25, 0.3) is 11.1 Å².